The van der Waals surface area contributed by atoms with Crippen LogP contribution >= 0.6 is 21.2 Å². The molecule has 2 rings (SSSR count). The van der Waals surface area contributed by atoms with Gasteiger partial charge in [-0.05, 0) is 47.7 Å². The Bertz CT molecular complexity index is 807. The van der Waals surface area contributed by atoms with Crippen molar-refractivity contribution in [2.45, 2.75) is 77.6 Å². The summed E-state index contributed by atoms with van der Waals surface area (Å²) in [4.78, 5) is 0. The molecule has 0 amide bonds. The van der Waals surface area contributed by atoms with Gasteiger partial charge in [0, 0.05) is 16.5 Å². The lowest BCUT2D eigenvalue weighted by molar-refractivity contribution is 0.447. The number of thiol groups is 1. The molecule has 0 saturated heterocycles. The molecule has 0 aromatic heterocycles. The first-order valence-electron chi connectivity index (χ1n) is 9.85. The van der Waals surface area contributed by atoms with Crippen molar-refractivity contribution in [3.63, 3.8) is 0 Å². The van der Waals surface area contributed by atoms with Crippen molar-refractivity contribution in [1.82, 2.24) is 0 Å². The highest BCUT2D eigenvalue weighted by Crippen LogP contribution is 2.50. The van der Waals surface area contributed by atoms with Crippen molar-refractivity contribution in [2.75, 3.05) is 0 Å². The fourth-order valence-electron chi connectivity index (χ4n) is 3.67. The van der Waals surface area contributed by atoms with Crippen LogP contribution in [0.15, 0.2) is 30.3 Å². The summed E-state index contributed by atoms with van der Waals surface area (Å²) in [5, 5.41) is 12.3. The molecule has 0 heterocycles. The van der Waals surface area contributed by atoms with Crippen LogP contribution in [0.3, 0.4) is 0 Å². The molecule has 1 nitrogen and oxygen atoms in total. The quantitative estimate of drug-likeness (QED) is 0.404. The second-order valence-corrected chi connectivity index (χ2v) is 11.2. The number of rotatable bonds is 6. The van der Waals surface area contributed by atoms with E-state index in [4.69, 9.17) is 0 Å². The van der Waals surface area contributed by atoms with Gasteiger partial charge in [-0.2, -0.15) is 12.6 Å². The number of hydrogen-bond acceptors (Lipinski definition) is 2. The SMILES string of the molecule is CCCC(C)(Pc1ccc(C)cc1CS)c1cc(C(C)(C)C)cc(C)c1O. The molecule has 148 valence electrons. The van der Waals surface area contributed by atoms with Crippen LogP contribution in [0.25, 0.3) is 0 Å². The maximum absolute atomic E-state index is 11.0. The van der Waals surface area contributed by atoms with Crippen LogP contribution in [-0.2, 0) is 16.3 Å². The van der Waals surface area contributed by atoms with Gasteiger partial charge in [0.15, 0.2) is 0 Å². The third kappa shape index (κ3) is 5.09. The Hall–Kier alpha value is -0.980. The van der Waals surface area contributed by atoms with E-state index in [1.807, 2.05) is 6.92 Å². The molecule has 2 atom stereocenters. The standard InChI is InChI=1S/C24H35OPS/c1-8-11-24(7,26-21-10-9-16(2)12-18(21)15-27)20-14-19(23(4,5)6)13-17(3)22(20)25/h9-10,12-14,25-27H,8,11,15H2,1-7H3. The molecule has 2 unspecified atom stereocenters. The summed E-state index contributed by atoms with van der Waals surface area (Å²) in [6, 6.07) is 11.1. The van der Waals surface area contributed by atoms with E-state index in [0.717, 1.165) is 29.7 Å². The highest BCUT2D eigenvalue weighted by atomic mass is 32.1. The van der Waals surface area contributed by atoms with Crippen LogP contribution < -0.4 is 5.30 Å². The van der Waals surface area contributed by atoms with E-state index in [-0.39, 0.29) is 10.6 Å². The normalized spacial score (nSPS) is 14.7. The first kappa shape index (κ1) is 22.3. The van der Waals surface area contributed by atoms with Gasteiger partial charge >= 0.3 is 0 Å². The minimum absolute atomic E-state index is 0.0591. The minimum atomic E-state index is -0.0855. The van der Waals surface area contributed by atoms with Gasteiger partial charge < -0.3 is 5.11 Å². The molecule has 0 bridgehead atoms. The first-order chi connectivity index (χ1) is 12.5. The van der Waals surface area contributed by atoms with Crippen molar-refractivity contribution in [1.29, 1.82) is 0 Å². The van der Waals surface area contributed by atoms with Gasteiger partial charge in [-0.15, -0.1) is 0 Å². The highest BCUT2D eigenvalue weighted by molar-refractivity contribution is 7.79. The molecule has 0 aliphatic heterocycles. The highest BCUT2D eigenvalue weighted by Gasteiger charge is 2.32. The van der Waals surface area contributed by atoms with Crippen molar-refractivity contribution >= 4 is 26.5 Å². The third-order valence-corrected chi connectivity index (χ3v) is 7.52. The summed E-state index contributed by atoms with van der Waals surface area (Å²) in [6.07, 6.45) is 2.13. The van der Waals surface area contributed by atoms with Gasteiger partial charge in [0.05, 0.1) is 0 Å². The summed E-state index contributed by atoms with van der Waals surface area (Å²) >= 11 is 4.56. The maximum Gasteiger partial charge on any atom is 0.122 e. The fraction of sp³-hybridized carbons (Fsp3) is 0.500. The average molecular weight is 403 g/mol. The molecule has 2 aromatic carbocycles. The topological polar surface area (TPSA) is 20.2 Å². The molecule has 2 aromatic rings. The molecule has 0 aliphatic carbocycles. The Labute approximate surface area is 173 Å². The van der Waals surface area contributed by atoms with Crippen LogP contribution in [0, 0.1) is 13.8 Å². The van der Waals surface area contributed by atoms with Gasteiger partial charge in [0.25, 0.3) is 0 Å². The number of aryl methyl sites for hydroxylation is 2. The minimum Gasteiger partial charge on any atom is -0.507 e. The van der Waals surface area contributed by atoms with E-state index in [1.165, 1.54) is 22.0 Å². The Morgan fingerprint density at radius 2 is 1.70 bits per heavy atom. The van der Waals surface area contributed by atoms with Crippen LogP contribution in [0.5, 0.6) is 5.75 Å². The van der Waals surface area contributed by atoms with Gasteiger partial charge in [0.2, 0.25) is 0 Å². The maximum atomic E-state index is 11.0. The Morgan fingerprint density at radius 1 is 1.04 bits per heavy atom. The number of benzene rings is 2. The number of phenolic OH excluding ortho intramolecular Hbond substituents is 1. The van der Waals surface area contributed by atoms with E-state index >= 15 is 0 Å². The largest absolute Gasteiger partial charge is 0.507 e. The molecule has 0 radical (unpaired) electrons. The molecule has 1 N–H and O–H groups in total. The van der Waals surface area contributed by atoms with E-state index < -0.39 is 0 Å². The van der Waals surface area contributed by atoms with Crippen molar-refractivity contribution in [2.24, 2.45) is 0 Å². The smallest absolute Gasteiger partial charge is 0.122 e. The van der Waals surface area contributed by atoms with E-state index in [2.05, 4.69) is 84.5 Å². The van der Waals surface area contributed by atoms with E-state index in [1.54, 1.807) is 0 Å². The van der Waals surface area contributed by atoms with Crippen LogP contribution in [0.4, 0.5) is 0 Å². The van der Waals surface area contributed by atoms with E-state index in [0.29, 0.717) is 14.3 Å². The monoisotopic (exact) mass is 402 g/mol. The predicted molar refractivity (Wildman–Crippen MR) is 126 cm³/mol. The average Bonchev–Trinajstić information content (AvgIpc) is 2.57. The second kappa shape index (κ2) is 8.58. The van der Waals surface area contributed by atoms with Gasteiger partial charge in [0.1, 0.15) is 5.75 Å². The van der Waals surface area contributed by atoms with Crippen molar-refractivity contribution in [3.05, 3.63) is 58.1 Å². The molecule has 0 spiro atoms. The van der Waals surface area contributed by atoms with Crippen molar-refractivity contribution < 1.29 is 5.11 Å². The van der Waals surface area contributed by atoms with Crippen LogP contribution in [-0.4, -0.2) is 5.11 Å². The Morgan fingerprint density at radius 3 is 2.26 bits per heavy atom. The zero-order chi connectivity index (χ0) is 20.4. The van der Waals surface area contributed by atoms with Crippen molar-refractivity contribution in [3.8, 4) is 5.75 Å². The molecule has 0 aliphatic rings. The summed E-state index contributed by atoms with van der Waals surface area (Å²) in [5.41, 5.74) is 6.00. The first-order valence-corrected chi connectivity index (χ1v) is 11.5. The zero-order valence-corrected chi connectivity index (χ0v) is 19.8. The molecule has 0 saturated carbocycles. The second-order valence-electron chi connectivity index (χ2n) is 8.97. The van der Waals surface area contributed by atoms with Crippen LogP contribution in [0.2, 0.25) is 0 Å². The Balaban J connectivity index is 2.61. The number of aromatic hydroxyl groups is 1. The fourth-order valence-corrected chi connectivity index (χ4v) is 5.86. The zero-order valence-electron chi connectivity index (χ0n) is 17.9. The molecular weight excluding hydrogens is 367 g/mol. The van der Waals surface area contributed by atoms with Gasteiger partial charge in [-0.3, -0.25) is 0 Å². The van der Waals surface area contributed by atoms with Gasteiger partial charge in [-0.25, -0.2) is 0 Å². The summed E-state index contributed by atoms with van der Waals surface area (Å²) < 4.78 is 0. The number of phenols is 1. The molecule has 27 heavy (non-hydrogen) atoms. The lowest BCUT2D eigenvalue weighted by Gasteiger charge is -2.34. The lowest BCUT2D eigenvalue weighted by atomic mass is 9.82. The molecular formula is C24H35OPS. The van der Waals surface area contributed by atoms with E-state index in [9.17, 15) is 5.11 Å². The summed E-state index contributed by atoms with van der Waals surface area (Å²) in [6.45, 7) is 15.4. The van der Waals surface area contributed by atoms with Crippen LogP contribution in [0.1, 0.15) is 75.3 Å². The lowest BCUT2D eigenvalue weighted by Crippen LogP contribution is -2.22. The third-order valence-electron chi connectivity index (χ3n) is 5.35. The summed E-state index contributed by atoms with van der Waals surface area (Å²) in [5.74, 6) is 1.21. The predicted octanol–water partition coefficient (Wildman–Crippen LogP) is 6.76. The van der Waals surface area contributed by atoms with Gasteiger partial charge in [-0.1, -0.05) is 85.5 Å². The number of hydrogen-bond donors (Lipinski definition) is 2. The molecule has 3 heteroatoms. The molecule has 0 fully saturated rings. The summed E-state index contributed by atoms with van der Waals surface area (Å²) in [7, 11) is 0.598. The Kier molecular flexibility index (Phi) is 7.09.